The summed E-state index contributed by atoms with van der Waals surface area (Å²) in [5.74, 6) is -1.21. The van der Waals surface area contributed by atoms with Crippen LogP contribution in [0.25, 0.3) is 10.9 Å². The first kappa shape index (κ1) is 16.3. The minimum Gasteiger partial charge on any atom is -0.504 e. The predicted molar refractivity (Wildman–Crippen MR) is 79.1 cm³/mol. The van der Waals surface area contributed by atoms with Gasteiger partial charge >= 0.3 is 0 Å². The number of anilines is 1. The number of hydrogen-bond donors (Lipinski definition) is 7. The Bertz CT molecular complexity index is 611. The third-order valence-electron chi connectivity index (χ3n) is 2.30. The largest absolute Gasteiger partial charge is 0.504 e. The van der Waals surface area contributed by atoms with Crippen LogP contribution in [0.15, 0.2) is 18.3 Å². The van der Waals surface area contributed by atoms with Gasteiger partial charge in [-0.05, 0) is 12.1 Å². The highest BCUT2D eigenvalue weighted by Crippen LogP contribution is 2.29. The average Bonchev–Trinajstić information content (AvgIpc) is 2.50. The fraction of sp³-hybridized carbons (Fsp3) is 0.100. The first-order valence-corrected chi connectivity index (χ1v) is 6.76. The van der Waals surface area contributed by atoms with E-state index in [9.17, 15) is 9.90 Å². The van der Waals surface area contributed by atoms with E-state index in [1.54, 1.807) is 12.1 Å². The van der Waals surface area contributed by atoms with E-state index in [0.29, 0.717) is 5.39 Å². The van der Waals surface area contributed by atoms with Gasteiger partial charge in [-0.3, -0.25) is 20.5 Å². The van der Waals surface area contributed by atoms with Gasteiger partial charge in [-0.1, -0.05) is 0 Å². The van der Waals surface area contributed by atoms with Crippen LogP contribution >= 0.6 is 23.3 Å². The summed E-state index contributed by atoms with van der Waals surface area (Å²) >= 11 is 6.44. The molecule has 2 aromatic heterocycles. The van der Waals surface area contributed by atoms with Crippen molar-refractivity contribution in [2.75, 3.05) is 12.2 Å². The van der Waals surface area contributed by atoms with Crippen LogP contribution < -0.4 is 10.8 Å². The number of fused-ring (bicyclic) bond motifs is 1. The standard InChI is InChI=1S/C10H10N4O4.H2S2/c15-4-12-10(17)7-8(16)6-5(2-1-3-11-6)9(13-7)14-18;1-2/h1-3,15-16,18H,4H2,(H,12,17)(H,13,14);1-2H. The van der Waals surface area contributed by atoms with Crippen molar-refractivity contribution in [3.8, 4) is 5.75 Å². The zero-order valence-corrected chi connectivity index (χ0v) is 11.8. The van der Waals surface area contributed by atoms with Gasteiger partial charge in [0, 0.05) is 11.6 Å². The van der Waals surface area contributed by atoms with Crippen LogP contribution in [0.1, 0.15) is 10.5 Å². The molecule has 108 valence electrons. The highest BCUT2D eigenvalue weighted by Gasteiger charge is 2.19. The molecule has 0 saturated heterocycles. The summed E-state index contributed by atoms with van der Waals surface area (Å²) in [7, 11) is 0. The lowest BCUT2D eigenvalue weighted by Gasteiger charge is -2.09. The molecule has 0 saturated carbocycles. The normalized spacial score (nSPS) is 9.60. The maximum absolute atomic E-state index is 11.5. The number of rotatable bonds is 3. The minimum absolute atomic E-state index is 0.0148. The molecular formula is C10H12N4O4S2. The zero-order chi connectivity index (χ0) is 15.1. The molecule has 0 fully saturated rings. The zero-order valence-electron chi connectivity index (χ0n) is 9.98. The molecule has 1 amide bonds. The molecule has 2 aromatic rings. The molecule has 5 N–H and O–H groups in total. The summed E-state index contributed by atoms with van der Waals surface area (Å²) < 4.78 is 0. The van der Waals surface area contributed by atoms with E-state index < -0.39 is 18.4 Å². The molecular weight excluding hydrogens is 304 g/mol. The molecule has 0 aromatic carbocycles. The maximum Gasteiger partial charge on any atom is 0.275 e. The van der Waals surface area contributed by atoms with Crippen molar-refractivity contribution < 1.29 is 20.2 Å². The SMILES string of the molecule is O=C(NCO)c1nc(NO)c2cccnc2c1O.SS. The van der Waals surface area contributed by atoms with Gasteiger partial charge < -0.3 is 15.5 Å². The molecule has 0 aliphatic heterocycles. The smallest absolute Gasteiger partial charge is 0.275 e. The summed E-state index contributed by atoms with van der Waals surface area (Å²) in [5, 5.41) is 29.9. The number of pyridine rings is 2. The fourth-order valence-electron chi connectivity index (χ4n) is 1.52. The number of aliphatic hydroxyl groups excluding tert-OH is 1. The van der Waals surface area contributed by atoms with Crippen LogP contribution in [-0.2, 0) is 0 Å². The third kappa shape index (κ3) is 3.22. The second kappa shape index (κ2) is 7.75. The highest BCUT2D eigenvalue weighted by molar-refractivity contribution is 8.59. The van der Waals surface area contributed by atoms with E-state index in [1.165, 1.54) is 6.20 Å². The number of carbonyl (C=O) groups excluding carboxylic acids is 1. The number of amides is 1. The number of aromatic hydroxyl groups is 1. The van der Waals surface area contributed by atoms with Crippen molar-refractivity contribution in [2.24, 2.45) is 0 Å². The van der Waals surface area contributed by atoms with Gasteiger partial charge in [0.25, 0.3) is 5.91 Å². The lowest BCUT2D eigenvalue weighted by atomic mass is 10.2. The second-order valence-electron chi connectivity index (χ2n) is 3.33. The number of nitrogens with zero attached hydrogens (tertiary/aromatic N) is 2. The molecule has 0 spiro atoms. The number of nitrogens with one attached hydrogen (secondary N) is 2. The molecule has 10 heteroatoms. The monoisotopic (exact) mass is 316 g/mol. The summed E-state index contributed by atoms with van der Waals surface area (Å²) in [6.07, 6.45) is 1.43. The minimum atomic E-state index is -0.779. The summed E-state index contributed by atoms with van der Waals surface area (Å²) in [4.78, 5) is 19.2. The Hall–Kier alpha value is -1.75. The molecule has 0 atom stereocenters. The Morgan fingerprint density at radius 2 is 2.10 bits per heavy atom. The molecule has 0 radical (unpaired) electrons. The predicted octanol–water partition coefficient (Wildman–Crippen LogP) is 0.577. The van der Waals surface area contributed by atoms with Crippen molar-refractivity contribution in [3.05, 3.63) is 24.0 Å². The van der Waals surface area contributed by atoms with Crippen molar-refractivity contribution in [3.63, 3.8) is 0 Å². The van der Waals surface area contributed by atoms with E-state index in [4.69, 9.17) is 10.3 Å². The molecule has 0 bridgehead atoms. The quantitative estimate of drug-likeness (QED) is 0.191. The lowest BCUT2D eigenvalue weighted by molar-refractivity contribution is 0.0902. The van der Waals surface area contributed by atoms with E-state index in [0.717, 1.165) is 0 Å². The number of aromatic nitrogens is 2. The van der Waals surface area contributed by atoms with Gasteiger partial charge in [0.2, 0.25) is 0 Å². The molecule has 2 rings (SSSR count). The molecule has 2 heterocycles. The van der Waals surface area contributed by atoms with Crippen LogP contribution in [0.4, 0.5) is 5.82 Å². The third-order valence-corrected chi connectivity index (χ3v) is 2.30. The Morgan fingerprint density at radius 3 is 2.70 bits per heavy atom. The van der Waals surface area contributed by atoms with Crippen LogP contribution in [0, 0.1) is 0 Å². The van der Waals surface area contributed by atoms with Crippen molar-refractivity contribution in [2.45, 2.75) is 0 Å². The first-order valence-electron chi connectivity index (χ1n) is 5.16. The molecule has 8 nitrogen and oxygen atoms in total. The lowest BCUT2D eigenvalue weighted by Crippen LogP contribution is -2.25. The van der Waals surface area contributed by atoms with E-state index in [-0.39, 0.29) is 17.0 Å². The molecule has 20 heavy (non-hydrogen) atoms. The van der Waals surface area contributed by atoms with Crippen molar-refractivity contribution >= 4 is 45.9 Å². The Balaban J connectivity index is 0.000000956. The molecule has 0 aliphatic carbocycles. The van der Waals surface area contributed by atoms with E-state index in [2.05, 4.69) is 38.6 Å². The fourth-order valence-corrected chi connectivity index (χ4v) is 1.52. The number of carbonyl (C=O) groups is 1. The highest BCUT2D eigenvalue weighted by atomic mass is 33.1. The topological polar surface area (TPSA) is 128 Å². The van der Waals surface area contributed by atoms with Gasteiger partial charge in [-0.15, -0.1) is 23.3 Å². The van der Waals surface area contributed by atoms with Crippen LogP contribution in [0.3, 0.4) is 0 Å². The van der Waals surface area contributed by atoms with Gasteiger partial charge in [-0.25, -0.2) is 4.98 Å². The first-order chi connectivity index (χ1) is 9.69. The number of hydrogen-bond acceptors (Lipinski definition) is 9. The summed E-state index contributed by atoms with van der Waals surface area (Å²) in [6, 6.07) is 3.17. The van der Waals surface area contributed by atoms with Gasteiger partial charge in [0.15, 0.2) is 17.3 Å². The van der Waals surface area contributed by atoms with Crippen LogP contribution in [0.2, 0.25) is 0 Å². The van der Waals surface area contributed by atoms with Crippen LogP contribution in [0.5, 0.6) is 5.75 Å². The van der Waals surface area contributed by atoms with Crippen molar-refractivity contribution in [1.29, 1.82) is 0 Å². The second-order valence-corrected chi connectivity index (χ2v) is 3.33. The van der Waals surface area contributed by atoms with Gasteiger partial charge in [0.05, 0.1) is 0 Å². The number of thiol groups is 2. The van der Waals surface area contributed by atoms with E-state index in [1.807, 2.05) is 5.48 Å². The summed E-state index contributed by atoms with van der Waals surface area (Å²) in [5.41, 5.74) is 1.61. The Morgan fingerprint density at radius 1 is 1.40 bits per heavy atom. The van der Waals surface area contributed by atoms with Gasteiger partial charge in [0.1, 0.15) is 12.2 Å². The molecule has 0 unspecified atom stereocenters. The average molecular weight is 316 g/mol. The van der Waals surface area contributed by atoms with Crippen molar-refractivity contribution in [1.82, 2.24) is 15.3 Å². The van der Waals surface area contributed by atoms with Crippen LogP contribution in [-0.4, -0.2) is 38.0 Å². The summed E-state index contributed by atoms with van der Waals surface area (Å²) in [6.45, 7) is -0.595. The number of aliphatic hydroxyl groups is 1. The maximum atomic E-state index is 11.5. The van der Waals surface area contributed by atoms with Gasteiger partial charge in [-0.2, -0.15) is 0 Å². The Labute approximate surface area is 124 Å². The van der Waals surface area contributed by atoms with E-state index >= 15 is 0 Å². The Kier molecular flexibility index (Phi) is 6.31. The molecule has 0 aliphatic rings.